The van der Waals surface area contributed by atoms with Crippen LogP contribution in [0.4, 0.5) is 15.6 Å². The molecular weight excluding hydrogens is 374 g/mol. The lowest BCUT2D eigenvalue weighted by Gasteiger charge is -2.32. The van der Waals surface area contributed by atoms with E-state index >= 15 is 0 Å². The van der Waals surface area contributed by atoms with E-state index in [4.69, 9.17) is 0 Å². The van der Waals surface area contributed by atoms with Gasteiger partial charge in [-0.25, -0.2) is 9.78 Å². The lowest BCUT2D eigenvalue weighted by Crippen LogP contribution is -2.48. The molecule has 2 aromatic rings. The van der Waals surface area contributed by atoms with Crippen molar-refractivity contribution < 1.29 is 9.59 Å². The van der Waals surface area contributed by atoms with Crippen molar-refractivity contribution in [2.24, 2.45) is 0 Å². The van der Waals surface area contributed by atoms with Gasteiger partial charge in [-0.3, -0.25) is 10.1 Å². The molecule has 1 fully saturated rings. The second-order valence-electron chi connectivity index (χ2n) is 7.33. The van der Waals surface area contributed by atoms with Crippen molar-refractivity contribution in [2.45, 2.75) is 26.2 Å². The molecule has 0 bridgehead atoms. The minimum Gasteiger partial charge on any atom is -0.325 e. The van der Waals surface area contributed by atoms with Gasteiger partial charge in [0.2, 0.25) is 5.91 Å². The van der Waals surface area contributed by atoms with Gasteiger partial charge in [-0.05, 0) is 24.6 Å². The highest BCUT2D eigenvalue weighted by Crippen LogP contribution is 2.24. The first-order valence-electron chi connectivity index (χ1n) is 9.50. The molecule has 0 aliphatic carbocycles. The molecule has 2 N–H and O–H groups in total. The number of amides is 3. The third-order valence-corrected chi connectivity index (χ3v) is 5.56. The molecule has 28 heavy (non-hydrogen) atoms. The maximum absolute atomic E-state index is 12.4. The number of nitrogens with one attached hydrogen (secondary N) is 2. The van der Waals surface area contributed by atoms with Crippen LogP contribution in [0.1, 0.15) is 31.0 Å². The Kier molecular flexibility index (Phi) is 6.64. The van der Waals surface area contributed by atoms with Gasteiger partial charge in [0.05, 0.1) is 12.1 Å². The van der Waals surface area contributed by atoms with E-state index in [-0.39, 0.29) is 18.4 Å². The standard InChI is InChI=1S/C20H27N5O2S/c1-14(2)16-6-4-5-7-17(16)22-18(26)12-15-13-28-19(21-15)23-20(27)25-10-8-24(3)9-11-25/h4-7,13-14H,8-12H2,1-3H3,(H,22,26)(H,21,23,27). The molecule has 3 rings (SSSR count). The summed E-state index contributed by atoms with van der Waals surface area (Å²) in [7, 11) is 2.05. The summed E-state index contributed by atoms with van der Waals surface area (Å²) in [4.78, 5) is 33.1. The van der Waals surface area contributed by atoms with E-state index in [1.807, 2.05) is 36.7 Å². The van der Waals surface area contributed by atoms with Gasteiger partial charge in [0.1, 0.15) is 0 Å². The molecule has 1 aromatic heterocycles. The zero-order chi connectivity index (χ0) is 20.1. The zero-order valence-corrected chi connectivity index (χ0v) is 17.4. The number of hydrogen-bond donors (Lipinski definition) is 2. The minimum atomic E-state index is -0.135. The Labute approximate surface area is 169 Å². The minimum absolute atomic E-state index is 0.115. The number of nitrogens with zero attached hydrogens (tertiary/aromatic N) is 3. The molecule has 1 saturated heterocycles. The molecule has 2 heterocycles. The van der Waals surface area contributed by atoms with Gasteiger partial charge in [0.25, 0.3) is 0 Å². The fourth-order valence-electron chi connectivity index (χ4n) is 3.10. The summed E-state index contributed by atoms with van der Waals surface area (Å²) in [5.41, 5.74) is 2.59. The van der Waals surface area contributed by atoms with Crippen LogP contribution in [-0.4, -0.2) is 59.9 Å². The Morgan fingerprint density at radius 2 is 1.86 bits per heavy atom. The number of likely N-dealkylation sites (N-methyl/N-ethyl adjacent to an activating group) is 1. The number of carbonyl (C=O) groups excluding carboxylic acids is 2. The van der Waals surface area contributed by atoms with Gasteiger partial charge in [-0.2, -0.15) is 0 Å². The number of rotatable bonds is 5. The molecule has 0 radical (unpaired) electrons. The third-order valence-electron chi connectivity index (χ3n) is 4.75. The Morgan fingerprint density at radius 3 is 2.57 bits per heavy atom. The maximum Gasteiger partial charge on any atom is 0.323 e. The van der Waals surface area contributed by atoms with Gasteiger partial charge in [0, 0.05) is 37.2 Å². The first-order chi connectivity index (χ1) is 13.4. The van der Waals surface area contributed by atoms with Gasteiger partial charge >= 0.3 is 6.03 Å². The predicted octanol–water partition coefficient (Wildman–Crippen LogP) is 3.23. The van der Waals surface area contributed by atoms with Gasteiger partial charge in [-0.15, -0.1) is 11.3 Å². The quantitative estimate of drug-likeness (QED) is 0.806. The number of hydrogen-bond acceptors (Lipinski definition) is 5. The maximum atomic E-state index is 12.4. The summed E-state index contributed by atoms with van der Waals surface area (Å²) in [5.74, 6) is 0.211. The third kappa shape index (κ3) is 5.30. The number of urea groups is 1. The van der Waals surface area contributed by atoms with E-state index < -0.39 is 0 Å². The molecule has 0 spiro atoms. The molecule has 0 saturated carbocycles. The normalized spacial score (nSPS) is 14.9. The van der Waals surface area contributed by atoms with Crippen molar-refractivity contribution >= 4 is 34.1 Å². The van der Waals surface area contributed by atoms with Crippen molar-refractivity contribution in [3.63, 3.8) is 0 Å². The van der Waals surface area contributed by atoms with E-state index in [9.17, 15) is 9.59 Å². The number of anilines is 2. The number of carbonyl (C=O) groups is 2. The molecule has 0 unspecified atom stereocenters. The van der Waals surface area contributed by atoms with Crippen molar-refractivity contribution in [2.75, 3.05) is 43.9 Å². The van der Waals surface area contributed by atoms with Crippen LogP contribution < -0.4 is 10.6 Å². The Morgan fingerprint density at radius 1 is 1.14 bits per heavy atom. The zero-order valence-electron chi connectivity index (χ0n) is 16.6. The first-order valence-corrected chi connectivity index (χ1v) is 10.4. The van der Waals surface area contributed by atoms with Crippen molar-refractivity contribution in [3.8, 4) is 0 Å². The SMILES string of the molecule is CC(C)c1ccccc1NC(=O)Cc1csc(NC(=O)N2CCN(C)CC2)n1. The number of aromatic nitrogens is 1. The van der Waals surface area contributed by atoms with Crippen LogP contribution >= 0.6 is 11.3 Å². The van der Waals surface area contributed by atoms with Crippen LogP contribution in [0, 0.1) is 0 Å². The Hall–Kier alpha value is -2.45. The number of thiazole rings is 1. The van der Waals surface area contributed by atoms with E-state index in [1.165, 1.54) is 11.3 Å². The molecular formula is C20H27N5O2S. The van der Waals surface area contributed by atoms with Crippen LogP contribution in [0.25, 0.3) is 0 Å². The van der Waals surface area contributed by atoms with Crippen molar-refractivity contribution in [1.82, 2.24) is 14.8 Å². The highest BCUT2D eigenvalue weighted by molar-refractivity contribution is 7.13. The largest absolute Gasteiger partial charge is 0.325 e. The van der Waals surface area contributed by atoms with E-state index in [0.717, 1.165) is 24.3 Å². The van der Waals surface area contributed by atoms with Crippen LogP contribution in [0.5, 0.6) is 0 Å². The summed E-state index contributed by atoms with van der Waals surface area (Å²) >= 11 is 1.34. The second-order valence-corrected chi connectivity index (χ2v) is 8.19. The molecule has 1 aliphatic rings. The average molecular weight is 402 g/mol. The van der Waals surface area contributed by atoms with Crippen molar-refractivity contribution in [1.29, 1.82) is 0 Å². The fraction of sp³-hybridized carbons (Fsp3) is 0.450. The summed E-state index contributed by atoms with van der Waals surface area (Å²) in [5, 5.41) is 8.15. The fourth-order valence-corrected chi connectivity index (χ4v) is 3.80. The van der Waals surface area contributed by atoms with E-state index in [0.29, 0.717) is 29.8 Å². The Bertz CT molecular complexity index is 828. The van der Waals surface area contributed by atoms with Crippen molar-refractivity contribution in [3.05, 3.63) is 40.9 Å². The first kappa shape index (κ1) is 20.3. The van der Waals surface area contributed by atoms with Gasteiger partial charge in [0.15, 0.2) is 5.13 Å². The van der Waals surface area contributed by atoms with Crippen LogP contribution in [0.3, 0.4) is 0 Å². The lowest BCUT2D eigenvalue weighted by molar-refractivity contribution is -0.115. The van der Waals surface area contributed by atoms with Gasteiger partial charge in [-0.1, -0.05) is 32.0 Å². The molecule has 0 atom stereocenters. The lowest BCUT2D eigenvalue weighted by atomic mass is 10.0. The Balaban J connectivity index is 1.54. The second kappa shape index (κ2) is 9.16. The van der Waals surface area contributed by atoms with Crippen LogP contribution in [0.2, 0.25) is 0 Å². The van der Waals surface area contributed by atoms with E-state index in [2.05, 4.69) is 34.4 Å². The summed E-state index contributed by atoms with van der Waals surface area (Å²) < 4.78 is 0. The smallest absolute Gasteiger partial charge is 0.323 e. The molecule has 150 valence electrons. The average Bonchev–Trinajstić information content (AvgIpc) is 3.09. The number of piperazine rings is 1. The van der Waals surface area contributed by atoms with E-state index in [1.54, 1.807) is 4.90 Å². The topological polar surface area (TPSA) is 77.6 Å². The monoisotopic (exact) mass is 401 g/mol. The number of para-hydroxylation sites is 1. The summed E-state index contributed by atoms with van der Waals surface area (Å²) in [6.45, 7) is 7.35. The molecule has 7 nitrogen and oxygen atoms in total. The highest BCUT2D eigenvalue weighted by atomic mass is 32.1. The highest BCUT2D eigenvalue weighted by Gasteiger charge is 2.20. The van der Waals surface area contributed by atoms with Crippen LogP contribution in [-0.2, 0) is 11.2 Å². The molecule has 1 aromatic carbocycles. The summed E-state index contributed by atoms with van der Waals surface area (Å²) in [6, 6.07) is 7.69. The van der Waals surface area contributed by atoms with Crippen LogP contribution in [0.15, 0.2) is 29.6 Å². The summed E-state index contributed by atoms with van der Waals surface area (Å²) in [6.07, 6.45) is 0.174. The number of benzene rings is 1. The molecule has 1 aliphatic heterocycles. The van der Waals surface area contributed by atoms with Gasteiger partial charge < -0.3 is 15.1 Å². The molecule has 3 amide bonds. The predicted molar refractivity (Wildman–Crippen MR) is 113 cm³/mol. The molecule has 8 heteroatoms.